The van der Waals surface area contributed by atoms with Crippen molar-refractivity contribution in [3.63, 3.8) is 0 Å². The molecule has 0 spiro atoms. The van der Waals surface area contributed by atoms with Crippen molar-refractivity contribution in [1.29, 1.82) is 0 Å². The van der Waals surface area contributed by atoms with Crippen molar-refractivity contribution in [2.24, 2.45) is 0 Å². The highest BCUT2D eigenvalue weighted by molar-refractivity contribution is 7.85. The van der Waals surface area contributed by atoms with E-state index in [-0.39, 0.29) is 13.1 Å². The molecular weight excluding hydrogens is 701 g/mol. The highest BCUT2D eigenvalue weighted by atomic mass is 32.2. The lowest BCUT2D eigenvalue weighted by atomic mass is 10.1. The van der Waals surface area contributed by atoms with E-state index in [2.05, 4.69) is 27.7 Å². The first-order chi connectivity index (χ1) is 24.7. The number of quaternary nitrogens is 2. The van der Waals surface area contributed by atoms with Gasteiger partial charge in [0.15, 0.2) is 0 Å². The number of likely N-dealkylation sites (N-methyl/N-ethyl adjacent to an activating group) is 2. The Kier molecular flexibility index (Phi) is 30.6. The van der Waals surface area contributed by atoms with Crippen LogP contribution in [0.25, 0.3) is 0 Å². The molecule has 52 heavy (non-hydrogen) atoms. The smallest absolute Gasteiger partial charge is 0.116 e. The van der Waals surface area contributed by atoms with E-state index in [9.17, 15) is 36.2 Å². The van der Waals surface area contributed by atoms with E-state index in [1.165, 1.54) is 103 Å². The van der Waals surface area contributed by atoms with E-state index in [1.54, 1.807) is 0 Å². The Morgan fingerprint density at radius 1 is 0.404 bits per heavy atom. The predicted octanol–water partition coefficient (Wildman–Crippen LogP) is 7.87. The van der Waals surface area contributed by atoms with Crippen LogP contribution in [0.2, 0.25) is 0 Å². The van der Waals surface area contributed by atoms with Crippen LogP contribution in [0.15, 0.2) is 0 Å². The van der Waals surface area contributed by atoms with Gasteiger partial charge in [0.05, 0.1) is 71.0 Å². The molecule has 4 unspecified atom stereocenters. The summed E-state index contributed by atoms with van der Waals surface area (Å²) in [4.78, 5) is 0. The van der Waals surface area contributed by atoms with E-state index in [4.69, 9.17) is 0 Å². The zero-order chi connectivity index (χ0) is 39.2. The van der Waals surface area contributed by atoms with Crippen LogP contribution in [-0.4, -0.2) is 121 Å². The third-order valence-electron chi connectivity index (χ3n) is 11.3. The minimum absolute atomic E-state index is 0.268. The zero-order valence-corrected chi connectivity index (χ0v) is 35.9. The van der Waals surface area contributed by atoms with Gasteiger partial charge in [-0.25, -0.2) is 16.8 Å². The Balaban J connectivity index is 5.10. The molecule has 0 rings (SSSR count). The Morgan fingerprint density at radius 3 is 0.808 bits per heavy atom. The van der Waals surface area contributed by atoms with E-state index in [0.29, 0.717) is 8.97 Å². The number of aliphatic hydroxyl groups excluding tert-OH is 2. The number of aliphatic hydroxyl groups is 2. The molecule has 0 bridgehead atoms. The predicted molar refractivity (Wildman–Crippen MR) is 214 cm³/mol. The lowest BCUT2D eigenvalue weighted by Crippen LogP contribution is -2.54. The van der Waals surface area contributed by atoms with Gasteiger partial charge in [0, 0.05) is 0 Å². The minimum Gasteiger partial charge on any atom is -0.748 e. The van der Waals surface area contributed by atoms with Gasteiger partial charge < -0.3 is 28.3 Å². The highest BCUT2D eigenvalue weighted by Crippen LogP contribution is 2.20. The maximum absolute atomic E-state index is 11.4. The van der Waals surface area contributed by atoms with E-state index < -0.39 is 43.9 Å². The van der Waals surface area contributed by atoms with E-state index in [1.807, 2.05) is 0 Å². The van der Waals surface area contributed by atoms with Crippen LogP contribution in [0, 0.1) is 0 Å². The van der Waals surface area contributed by atoms with Crippen molar-refractivity contribution >= 4 is 20.2 Å². The summed E-state index contributed by atoms with van der Waals surface area (Å²) in [6.07, 6.45) is 26.1. The second kappa shape index (κ2) is 30.8. The Hall–Kier alpha value is -0.340. The molecule has 0 aliphatic heterocycles. The van der Waals surface area contributed by atoms with Crippen LogP contribution < -0.4 is 0 Å². The van der Waals surface area contributed by atoms with Crippen LogP contribution in [0.3, 0.4) is 0 Å². The largest absolute Gasteiger partial charge is 0.748 e. The number of hydrogen-bond acceptors (Lipinski definition) is 8. The van der Waals surface area contributed by atoms with Crippen LogP contribution in [0.1, 0.15) is 182 Å². The van der Waals surface area contributed by atoms with Crippen molar-refractivity contribution in [3.8, 4) is 0 Å². The fourth-order valence-corrected chi connectivity index (χ4v) is 9.22. The molecule has 314 valence electrons. The second-order valence-corrected chi connectivity index (χ2v) is 19.0. The zero-order valence-electron chi connectivity index (χ0n) is 34.3. The van der Waals surface area contributed by atoms with Gasteiger partial charge >= 0.3 is 0 Å². The maximum atomic E-state index is 11.4. The molecule has 2 N–H and O–H groups in total. The molecule has 0 amide bonds. The first-order valence-corrected chi connectivity index (χ1v) is 24.7. The summed E-state index contributed by atoms with van der Waals surface area (Å²) in [5.41, 5.74) is 0. The second-order valence-electron chi connectivity index (χ2n) is 16.1. The minimum atomic E-state index is -4.51. The Labute approximate surface area is 322 Å². The summed E-state index contributed by atoms with van der Waals surface area (Å²) in [6, 6.07) is 0. The van der Waals surface area contributed by atoms with Gasteiger partial charge in [-0.1, -0.05) is 117 Å². The van der Waals surface area contributed by atoms with Crippen LogP contribution >= 0.6 is 0 Å². The fourth-order valence-electron chi connectivity index (χ4n) is 8.07. The third kappa shape index (κ3) is 29.9. The van der Waals surface area contributed by atoms with Crippen molar-refractivity contribution in [2.75, 3.05) is 63.9 Å². The SMILES string of the molecule is CCCCCCCCCCCC[N+](CC)(CCCCCC[N+](CC)(CCCCCCCCCCCC)CC(O)CS(=O)(=O)[O-])CC(O)CS(=O)(=O)[O-]. The first-order valence-electron chi connectivity index (χ1n) is 21.6. The summed E-state index contributed by atoms with van der Waals surface area (Å²) >= 11 is 0. The van der Waals surface area contributed by atoms with Gasteiger partial charge in [-0.05, 0) is 65.2 Å². The van der Waals surface area contributed by atoms with E-state index in [0.717, 1.165) is 90.6 Å². The number of hydrogen-bond donors (Lipinski definition) is 2. The summed E-state index contributed by atoms with van der Waals surface area (Å²) in [6.45, 7) is 14.1. The standard InChI is InChI=1S/C40H84N2O8S2/c1-5-9-11-13-15-17-19-21-23-27-31-41(7-3,35-39(43)37-51(45,46)47)33-29-25-26-30-34-42(8-4,36-40(44)38-52(48,49)50)32-28-24-22-20-18-16-14-12-10-6-2/h39-40,43-44H,5-38H2,1-4H3. The van der Waals surface area contributed by atoms with Gasteiger partial charge in [-0.15, -0.1) is 0 Å². The summed E-state index contributed by atoms with van der Waals surface area (Å²) in [5.74, 6) is -1.50. The molecule has 0 fully saturated rings. The maximum Gasteiger partial charge on any atom is 0.116 e. The molecule has 0 aliphatic rings. The highest BCUT2D eigenvalue weighted by Gasteiger charge is 2.31. The molecule has 0 aliphatic carbocycles. The number of nitrogens with zero attached hydrogens (tertiary/aromatic N) is 2. The van der Waals surface area contributed by atoms with Gasteiger partial charge in [0.25, 0.3) is 0 Å². The van der Waals surface area contributed by atoms with Crippen molar-refractivity contribution in [1.82, 2.24) is 0 Å². The van der Waals surface area contributed by atoms with Gasteiger partial charge in [0.1, 0.15) is 25.3 Å². The Morgan fingerprint density at radius 2 is 0.615 bits per heavy atom. The molecule has 0 saturated heterocycles. The van der Waals surface area contributed by atoms with E-state index >= 15 is 0 Å². The molecule has 4 atom stereocenters. The molecule has 12 heteroatoms. The first kappa shape index (κ1) is 51.7. The Bertz CT molecular complexity index is 964. The van der Waals surface area contributed by atoms with Crippen molar-refractivity contribution in [3.05, 3.63) is 0 Å². The molecular formula is C40H84N2O8S2. The van der Waals surface area contributed by atoms with Gasteiger partial charge in [0.2, 0.25) is 0 Å². The molecule has 0 aromatic carbocycles. The normalized spacial score (nSPS) is 16.1. The quantitative estimate of drug-likeness (QED) is 0.0363. The average Bonchev–Trinajstić information content (AvgIpc) is 3.05. The topological polar surface area (TPSA) is 155 Å². The van der Waals surface area contributed by atoms with Crippen LogP contribution in [0.5, 0.6) is 0 Å². The molecule has 0 radical (unpaired) electrons. The molecule has 0 heterocycles. The summed E-state index contributed by atoms with van der Waals surface area (Å²) in [7, 11) is -9.03. The monoisotopic (exact) mass is 785 g/mol. The van der Waals surface area contributed by atoms with Crippen molar-refractivity contribution in [2.45, 2.75) is 194 Å². The van der Waals surface area contributed by atoms with Gasteiger partial charge in [-0.3, -0.25) is 0 Å². The molecule has 0 aromatic heterocycles. The average molecular weight is 785 g/mol. The molecule has 0 aromatic rings. The fraction of sp³-hybridized carbons (Fsp3) is 1.00. The third-order valence-corrected chi connectivity index (χ3v) is 12.9. The molecule has 10 nitrogen and oxygen atoms in total. The number of unbranched alkanes of at least 4 members (excludes halogenated alkanes) is 21. The van der Waals surface area contributed by atoms with Crippen molar-refractivity contribution < 1.29 is 45.1 Å². The summed E-state index contributed by atoms with van der Waals surface area (Å²) < 4.78 is 69.7. The van der Waals surface area contributed by atoms with Crippen LogP contribution in [0.4, 0.5) is 0 Å². The lowest BCUT2D eigenvalue weighted by molar-refractivity contribution is -0.930. The summed E-state index contributed by atoms with van der Waals surface area (Å²) in [5, 5.41) is 21.2. The number of rotatable bonds is 39. The molecule has 0 saturated carbocycles. The van der Waals surface area contributed by atoms with Crippen LogP contribution in [-0.2, 0) is 20.2 Å². The lowest BCUT2D eigenvalue weighted by Gasteiger charge is -2.40. The van der Waals surface area contributed by atoms with Gasteiger partial charge in [-0.2, -0.15) is 0 Å².